The summed E-state index contributed by atoms with van der Waals surface area (Å²) in [6, 6.07) is 12.3. The zero-order valence-corrected chi connectivity index (χ0v) is 12.4. The Balaban J connectivity index is 1.99. The highest BCUT2D eigenvalue weighted by molar-refractivity contribution is 5.48. The number of hydrogen-bond acceptors (Lipinski definition) is 3. The number of nitrogens with zero attached hydrogens (tertiary/aromatic N) is 1. The van der Waals surface area contributed by atoms with Crippen molar-refractivity contribution < 1.29 is 4.74 Å². The van der Waals surface area contributed by atoms with Gasteiger partial charge in [0.05, 0.1) is 18.0 Å². The van der Waals surface area contributed by atoms with Crippen molar-refractivity contribution in [3.8, 4) is 5.75 Å². The summed E-state index contributed by atoms with van der Waals surface area (Å²) >= 11 is 0. The van der Waals surface area contributed by atoms with Crippen molar-refractivity contribution in [1.82, 2.24) is 4.98 Å². The van der Waals surface area contributed by atoms with Gasteiger partial charge in [0.25, 0.3) is 0 Å². The molecule has 1 aromatic heterocycles. The van der Waals surface area contributed by atoms with Crippen molar-refractivity contribution in [3.05, 3.63) is 53.3 Å². The summed E-state index contributed by atoms with van der Waals surface area (Å²) in [5.41, 5.74) is 4.36. The zero-order chi connectivity index (χ0) is 14.4. The molecular formula is C17H22N2O. The molecule has 0 radical (unpaired) electrons. The summed E-state index contributed by atoms with van der Waals surface area (Å²) in [5, 5.41) is 3.42. The second-order valence-corrected chi connectivity index (χ2v) is 4.94. The normalized spacial score (nSPS) is 10.3. The average Bonchev–Trinajstić information content (AvgIpc) is 2.45. The smallest absolute Gasteiger partial charge is 0.119 e. The fourth-order valence-corrected chi connectivity index (χ4v) is 2.04. The van der Waals surface area contributed by atoms with E-state index >= 15 is 0 Å². The van der Waals surface area contributed by atoms with Gasteiger partial charge in [0.1, 0.15) is 5.75 Å². The predicted molar refractivity (Wildman–Crippen MR) is 83.3 cm³/mol. The number of hydrogen-bond donors (Lipinski definition) is 1. The lowest BCUT2D eigenvalue weighted by molar-refractivity contribution is 0.317. The maximum atomic E-state index is 5.65. The molecule has 20 heavy (non-hydrogen) atoms. The highest BCUT2D eigenvalue weighted by Gasteiger charge is 2.01. The van der Waals surface area contributed by atoms with Crippen LogP contribution >= 0.6 is 0 Å². The SMILES string of the molecule is CCCOc1cccc(CNc2ccc(C)nc2C)c1. The molecule has 1 heterocycles. The van der Waals surface area contributed by atoms with E-state index < -0.39 is 0 Å². The molecule has 0 amide bonds. The first-order valence-corrected chi connectivity index (χ1v) is 7.09. The number of aryl methyl sites for hydroxylation is 2. The Morgan fingerprint density at radius 2 is 2.00 bits per heavy atom. The van der Waals surface area contributed by atoms with Gasteiger partial charge in [-0.05, 0) is 50.1 Å². The van der Waals surface area contributed by atoms with Crippen LogP contribution in [0.2, 0.25) is 0 Å². The Morgan fingerprint density at radius 1 is 1.15 bits per heavy atom. The lowest BCUT2D eigenvalue weighted by Crippen LogP contribution is -2.03. The Hall–Kier alpha value is -2.03. The van der Waals surface area contributed by atoms with Crippen LogP contribution in [0.1, 0.15) is 30.3 Å². The van der Waals surface area contributed by atoms with Gasteiger partial charge in [-0.3, -0.25) is 4.98 Å². The van der Waals surface area contributed by atoms with Crippen LogP contribution in [0, 0.1) is 13.8 Å². The van der Waals surface area contributed by atoms with Crippen LogP contribution in [-0.2, 0) is 6.54 Å². The van der Waals surface area contributed by atoms with E-state index in [4.69, 9.17) is 4.74 Å². The van der Waals surface area contributed by atoms with E-state index in [1.54, 1.807) is 0 Å². The molecule has 2 aromatic rings. The second kappa shape index (κ2) is 6.94. The van der Waals surface area contributed by atoms with Crippen LogP contribution in [0.3, 0.4) is 0 Å². The summed E-state index contributed by atoms with van der Waals surface area (Å²) < 4.78 is 5.65. The number of rotatable bonds is 6. The molecule has 0 aliphatic carbocycles. The van der Waals surface area contributed by atoms with Crippen LogP contribution in [0.25, 0.3) is 0 Å². The van der Waals surface area contributed by atoms with Crippen LogP contribution in [0.4, 0.5) is 5.69 Å². The van der Waals surface area contributed by atoms with Crippen molar-refractivity contribution in [2.24, 2.45) is 0 Å². The molecule has 106 valence electrons. The van der Waals surface area contributed by atoms with Gasteiger partial charge in [0.2, 0.25) is 0 Å². The molecule has 0 unspecified atom stereocenters. The number of benzene rings is 1. The van der Waals surface area contributed by atoms with Gasteiger partial charge in [0.15, 0.2) is 0 Å². The van der Waals surface area contributed by atoms with Gasteiger partial charge in [0, 0.05) is 12.2 Å². The van der Waals surface area contributed by atoms with Gasteiger partial charge in [-0.1, -0.05) is 19.1 Å². The third-order valence-corrected chi connectivity index (χ3v) is 3.08. The molecular weight excluding hydrogens is 248 g/mol. The largest absolute Gasteiger partial charge is 0.494 e. The number of nitrogens with one attached hydrogen (secondary N) is 1. The van der Waals surface area contributed by atoms with Crippen LogP contribution in [0.5, 0.6) is 5.75 Å². The third-order valence-electron chi connectivity index (χ3n) is 3.08. The predicted octanol–water partition coefficient (Wildman–Crippen LogP) is 4.10. The quantitative estimate of drug-likeness (QED) is 0.858. The summed E-state index contributed by atoms with van der Waals surface area (Å²) in [5.74, 6) is 0.935. The molecule has 0 fully saturated rings. The van der Waals surface area contributed by atoms with Crippen LogP contribution in [-0.4, -0.2) is 11.6 Å². The third kappa shape index (κ3) is 3.98. The van der Waals surface area contributed by atoms with E-state index in [0.29, 0.717) is 0 Å². The van der Waals surface area contributed by atoms with E-state index in [-0.39, 0.29) is 0 Å². The van der Waals surface area contributed by atoms with Crippen molar-refractivity contribution in [3.63, 3.8) is 0 Å². The van der Waals surface area contributed by atoms with E-state index in [0.717, 1.165) is 42.4 Å². The molecule has 0 atom stereocenters. The average molecular weight is 270 g/mol. The first kappa shape index (κ1) is 14.4. The Bertz CT molecular complexity index is 567. The molecule has 1 N–H and O–H groups in total. The molecule has 3 nitrogen and oxygen atoms in total. The molecule has 3 heteroatoms. The Kier molecular flexibility index (Phi) is 4.99. The number of anilines is 1. The fourth-order valence-electron chi connectivity index (χ4n) is 2.04. The van der Waals surface area contributed by atoms with Crippen LogP contribution in [0.15, 0.2) is 36.4 Å². The van der Waals surface area contributed by atoms with Crippen LogP contribution < -0.4 is 10.1 Å². The standard InChI is InChI=1S/C17H22N2O/c1-4-10-20-16-7-5-6-15(11-16)12-18-17-9-8-13(2)19-14(17)3/h5-9,11,18H,4,10,12H2,1-3H3. The minimum Gasteiger partial charge on any atom is -0.494 e. The fraction of sp³-hybridized carbons (Fsp3) is 0.353. The number of ether oxygens (including phenoxy) is 1. The summed E-state index contributed by atoms with van der Waals surface area (Å²) in [6.45, 7) is 7.67. The summed E-state index contributed by atoms with van der Waals surface area (Å²) in [4.78, 5) is 4.46. The highest BCUT2D eigenvalue weighted by atomic mass is 16.5. The minimum absolute atomic E-state index is 0.762. The summed E-state index contributed by atoms with van der Waals surface area (Å²) in [7, 11) is 0. The summed E-state index contributed by atoms with van der Waals surface area (Å²) in [6.07, 6.45) is 1.02. The highest BCUT2D eigenvalue weighted by Crippen LogP contribution is 2.17. The van der Waals surface area contributed by atoms with Crippen molar-refractivity contribution in [2.75, 3.05) is 11.9 Å². The lowest BCUT2D eigenvalue weighted by atomic mass is 10.2. The molecule has 0 aliphatic heterocycles. The topological polar surface area (TPSA) is 34.1 Å². The Labute approximate surface area is 121 Å². The second-order valence-electron chi connectivity index (χ2n) is 4.94. The lowest BCUT2D eigenvalue weighted by Gasteiger charge is -2.11. The van der Waals surface area contributed by atoms with E-state index in [1.165, 1.54) is 5.56 Å². The first-order valence-electron chi connectivity index (χ1n) is 7.09. The molecule has 0 saturated carbocycles. The van der Waals surface area contributed by atoms with Crippen molar-refractivity contribution >= 4 is 5.69 Å². The van der Waals surface area contributed by atoms with E-state index in [9.17, 15) is 0 Å². The van der Waals surface area contributed by atoms with Gasteiger partial charge in [-0.15, -0.1) is 0 Å². The maximum absolute atomic E-state index is 5.65. The van der Waals surface area contributed by atoms with Gasteiger partial charge < -0.3 is 10.1 Å². The van der Waals surface area contributed by atoms with Crippen molar-refractivity contribution in [1.29, 1.82) is 0 Å². The van der Waals surface area contributed by atoms with E-state index in [1.807, 2.05) is 32.0 Å². The molecule has 0 spiro atoms. The number of pyridine rings is 1. The van der Waals surface area contributed by atoms with Gasteiger partial charge >= 0.3 is 0 Å². The Morgan fingerprint density at radius 3 is 2.75 bits per heavy atom. The van der Waals surface area contributed by atoms with Crippen molar-refractivity contribution in [2.45, 2.75) is 33.7 Å². The zero-order valence-electron chi connectivity index (χ0n) is 12.4. The molecule has 1 aromatic carbocycles. The molecule has 2 rings (SSSR count). The van der Waals surface area contributed by atoms with Gasteiger partial charge in [-0.25, -0.2) is 0 Å². The molecule has 0 aliphatic rings. The maximum Gasteiger partial charge on any atom is 0.119 e. The molecule has 0 bridgehead atoms. The first-order chi connectivity index (χ1) is 9.69. The number of aromatic nitrogens is 1. The molecule has 0 saturated heterocycles. The minimum atomic E-state index is 0.762. The van der Waals surface area contributed by atoms with Gasteiger partial charge in [-0.2, -0.15) is 0 Å². The monoisotopic (exact) mass is 270 g/mol. The van der Waals surface area contributed by atoms with E-state index in [2.05, 4.69) is 35.4 Å².